The molecule has 1 fully saturated rings. The SMILES string of the molecule is O=C(NCCCc1ccccc1)N1CC[C@H](Oc2ccncc2)C1. The topological polar surface area (TPSA) is 54.5 Å². The Balaban J connectivity index is 1.35. The molecule has 2 amide bonds. The molecule has 0 unspecified atom stereocenters. The van der Waals surface area contributed by atoms with Crippen molar-refractivity contribution in [2.75, 3.05) is 19.6 Å². The average molecular weight is 325 g/mol. The van der Waals surface area contributed by atoms with Gasteiger partial charge < -0.3 is 15.0 Å². The Morgan fingerprint density at radius 3 is 2.79 bits per heavy atom. The lowest BCUT2D eigenvalue weighted by Gasteiger charge is -2.18. The fraction of sp³-hybridized carbons (Fsp3) is 0.368. The van der Waals surface area contributed by atoms with Gasteiger partial charge in [-0.2, -0.15) is 0 Å². The zero-order chi connectivity index (χ0) is 16.6. The minimum Gasteiger partial charge on any atom is -0.488 e. The summed E-state index contributed by atoms with van der Waals surface area (Å²) in [7, 11) is 0. The van der Waals surface area contributed by atoms with Gasteiger partial charge >= 0.3 is 6.03 Å². The largest absolute Gasteiger partial charge is 0.488 e. The molecule has 0 radical (unpaired) electrons. The van der Waals surface area contributed by atoms with Crippen molar-refractivity contribution in [1.82, 2.24) is 15.2 Å². The molecule has 1 aliphatic rings. The predicted octanol–water partition coefficient (Wildman–Crippen LogP) is 2.88. The third-order valence-corrected chi connectivity index (χ3v) is 4.15. The molecule has 0 aliphatic carbocycles. The molecule has 0 saturated carbocycles. The number of carbonyl (C=O) groups is 1. The van der Waals surface area contributed by atoms with E-state index in [1.807, 2.05) is 35.2 Å². The van der Waals surface area contributed by atoms with Gasteiger partial charge in [0.25, 0.3) is 0 Å². The van der Waals surface area contributed by atoms with Crippen molar-refractivity contribution in [2.24, 2.45) is 0 Å². The number of urea groups is 1. The first kappa shape index (κ1) is 16.3. The summed E-state index contributed by atoms with van der Waals surface area (Å²) in [4.78, 5) is 18.0. The molecule has 3 rings (SSSR count). The first-order valence-electron chi connectivity index (χ1n) is 8.44. The smallest absolute Gasteiger partial charge is 0.317 e. The van der Waals surface area contributed by atoms with E-state index < -0.39 is 0 Å². The normalized spacial score (nSPS) is 16.8. The number of rotatable bonds is 6. The van der Waals surface area contributed by atoms with Crippen molar-refractivity contribution in [2.45, 2.75) is 25.4 Å². The van der Waals surface area contributed by atoms with Gasteiger partial charge in [-0.3, -0.25) is 4.98 Å². The van der Waals surface area contributed by atoms with Crippen LogP contribution in [0.4, 0.5) is 4.79 Å². The van der Waals surface area contributed by atoms with E-state index in [0.29, 0.717) is 13.1 Å². The van der Waals surface area contributed by atoms with Crippen LogP contribution < -0.4 is 10.1 Å². The van der Waals surface area contributed by atoms with Crippen molar-refractivity contribution in [3.05, 3.63) is 60.4 Å². The number of pyridine rings is 1. The summed E-state index contributed by atoms with van der Waals surface area (Å²) in [5.41, 5.74) is 1.30. The van der Waals surface area contributed by atoms with E-state index in [4.69, 9.17) is 4.74 Å². The first-order chi connectivity index (χ1) is 11.8. The summed E-state index contributed by atoms with van der Waals surface area (Å²) in [6.45, 7) is 2.06. The molecular weight excluding hydrogens is 302 g/mol. The summed E-state index contributed by atoms with van der Waals surface area (Å²) in [6, 6.07) is 14.0. The van der Waals surface area contributed by atoms with Crippen LogP contribution in [0.25, 0.3) is 0 Å². The van der Waals surface area contributed by atoms with Gasteiger partial charge in [0.15, 0.2) is 0 Å². The van der Waals surface area contributed by atoms with Crippen LogP contribution in [-0.2, 0) is 6.42 Å². The highest BCUT2D eigenvalue weighted by Crippen LogP contribution is 2.17. The molecule has 2 aromatic rings. The number of nitrogens with zero attached hydrogens (tertiary/aromatic N) is 2. The maximum atomic E-state index is 12.2. The number of benzene rings is 1. The van der Waals surface area contributed by atoms with Gasteiger partial charge in [-0.1, -0.05) is 30.3 Å². The number of hydrogen-bond donors (Lipinski definition) is 1. The van der Waals surface area contributed by atoms with E-state index in [9.17, 15) is 4.79 Å². The van der Waals surface area contributed by atoms with E-state index in [2.05, 4.69) is 22.4 Å². The molecule has 1 atom stereocenters. The van der Waals surface area contributed by atoms with Crippen LogP contribution >= 0.6 is 0 Å². The van der Waals surface area contributed by atoms with Gasteiger partial charge in [0.05, 0.1) is 6.54 Å². The maximum Gasteiger partial charge on any atom is 0.317 e. The van der Waals surface area contributed by atoms with Crippen molar-refractivity contribution in [3.8, 4) is 5.75 Å². The van der Waals surface area contributed by atoms with E-state index in [1.165, 1.54) is 5.56 Å². The molecule has 1 saturated heterocycles. The van der Waals surface area contributed by atoms with E-state index >= 15 is 0 Å². The van der Waals surface area contributed by atoms with Gasteiger partial charge in [0.2, 0.25) is 0 Å². The Morgan fingerprint density at radius 1 is 1.21 bits per heavy atom. The lowest BCUT2D eigenvalue weighted by molar-refractivity contribution is 0.187. The zero-order valence-electron chi connectivity index (χ0n) is 13.7. The number of nitrogens with one attached hydrogen (secondary N) is 1. The second-order valence-electron chi connectivity index (χ2n) is 5.98. The van der Waals surface area contributed by atoms with Gasteiger partial charge in [0, 0.05) is 31.9 Å². The quantitative estimate of drug-likeness (QED) is 0.831. The van der Waals surface area contributed by atoms with Crippen LogP contribution in [0.3, 0.4) is 0 Å². The number of ether oxygens (including phenoxy) is 1. The average Bonchev–Trinajstić information content (AvgIpc) is 3.09. The van der Waals surface area contributed by atoms with Crippen LogP contribution in [0.15, 0.2) is 54.9 Å². The number of hydrogen-bond acceptors (Lipinski definition) is 3. The number of likely N-dealkylation sites (tertiary alicyclic amines) is 1. The Hall–Kier alpha value is -2.56. The fourth-order valence-electron chi connectivity index (χ4n) is 2.86. The summed E-state index contributed by atoms with van der Waals surface area (Å²) in [6.07, 6.45) is 6.26. The number of aromatic nitrogens is 1. The molecule has 5 nitrogen and oxygen atoms in total. The van der Waals surface area contributed by atoms with E-state index in [-0.39, 0.29) is 12.1 Å². The minimum atomic E-state index is 0.00360. The summed E-state index contributed by atoms with van der Waals surface area (Å²) in [5.74, 6) is 0.806. The monoisotopic (exact) mass is 325 g/mol. The summed E-state index contributed by atoms with van der Waals surface area (Å²) >= 11 is 0. The zero-order valence-corrected chi connectivity index (χ0v) is 13.7. The highest BCUT2D eigenvalue weighted by molar-refractivity contribution is 5.74. The molecule has 1 aromatic heterocycles. The third kappa shape index (κ3) is 4.72. The van der Waals surface area contributed by atoms with Gasteiger partial charge in [-0.25, -0.2) is 4.79 Å². The number of carbonyl (C=O) groups excluding carboxylic acids is 1. The highest BCUT2D eigenvalue weighted by Gasteiger charge is 2.27. The lowest BCUT2D eigenvalue weighted by atomic mass is 10.1. The molecule has 0 spiro atoms. The van der Waals surface area contributed by atoms with Crippen molar-refractivity contribution >= 4 is 6.03 Å². The first-order valence-corrected chi connectivity index (χ1v) is 8.44. The molecule has 126 valence electrons. The van der Waals surface area contributed by atoms with Gasteiger partial charge in [-0.15, -0.1) is 0 Å². The van der Waals surface area contributed by atoms with Gasteiger partial charge in [-0.05, 0) is 30.5 Å². The standard InChI is InChI=1S/C19H23N3O2/c23-19(21-11-4-7-16-5-2-1-3-6-16)22-14-10-18(15-22)24-17-8-12-20-13-9-17/h1-3,5-6,8-9,12-13,18H,4,7,10-11,14-15H2,(H,21,23)/t18-/m0/s1. The molecular formula is C19H23N3O2. The second kappa shape index (κ2) is 8.34. The van der Waals surface area contributed by atoms with Gasteiger partial charge in [0.1, 0.15) is 11.9 Å². The Labute approximate surface area is 142 Å². The number of amides is 2. The van der Waals surface area contributed by atoms with Crippen molar-refractivity contribution < 1.29 is 9.53 Å². The highest BCUT2D eigenvalue weighted by atomic mass is 16.5. The Morgan fingerprint density at radius 2 is 2.00 bits per heavy atom. The molecule has 24 heavy (non-hydrogen) atoms. The molecule has 5 heteroatoms. The van der Waals surface area contributed by atoms with Crippen LogP contribution in [0.5, 0.6) is 5.75 Å². The Bertz CT molecular complexity index is 634. The van der Waals surface area contributed by atoms with Crippen LogP contribution in [0.1, 0.15) is 18.4 Å². The molecule has 1 aliphatic heterocycles. The molecule has 0 bridgehead atoms. The summed E-state index contributed by atoms with van der Waals surface area (Å²) in [5, 5.41) is 3.00. The number of aryl methyl sites for hydroxylation is 1. The molecule has 1 aromatic carbocycles. The minimum absolute atomic E-state index is 0.00360. The Kier molecular flexibility index (Phi) is 5.66. The lowest BCUT2D eigenvalue weighted by Crippen LogP contribution is -2.39. The van der Waals surface area contributed by atoms with Crippen molar-refractivity contribution in [1.29, 1.82) is 0 Å². The molecule has 1 N–H and O–H groups in total. The summed E-state index contributed by atoms with van der Waals surface area (Å²) < 4.78 is 5.88. The third-order valence-electron chi connectivity index (χ3n) is 4.15. The fourth-order valence-corrected chi connectivity index (χ4v) is 2.86. The van der Waals surface area contributed by atoms with Crippen LogP contribution in [-0.4, -0.2) is 41.7 Å². The predicted molar refractivity (Wildman–Crippen MR) is 93.0 cm³/mol. The van der Waals surface area contributed by atoms with Crippen LogP contribution in [0, 0.1) is 0 Å². The van der Waals surface area contributed by atoms with E-state index in [1.54, 1.807) is 12.4 Å². The molecule has 2 heterocycles. The van der Waals surface area contributed by atoms with Crippen molar-refractivity contribution in [3.63, 3.8) is 0 Å². The maximum absolute atomic E-state index is 12.2. The van der Waals surface area contributed by atoms with E-state index in [0.717, 1.165) is 31.6 Å². The second-order valence-corrected chi connectivity index (χ2v) is 5.98. The van der Waals surface area contributed by atoms with Crippen LogP contribution in [0.2, 0.25) is 0 Å².